The third-order valence-corrected chi connectivity index (χ3v) is 4.28. The fraction of sp³-hybridized carbons (Fsp3) is 0.412. The van der Waals surface area contributed by atoms with Crippen LogP contribution in [-0.2, 0) is 19.1 Å². The van der Waals surface area contributed by atoms with E-state index >= 15 is 0 Å². The van der Waals surface area contributed by atoms with Gasteiger partial charge in [0.15, 0.2) is 11.7 Å². The first-order chi connectivity index (χ1) is 12.4. The molecule has 5 nitrogen and oxygen atoms in total. The molecule has 2 N–H and O–H groups in total. The largest absolute Gasteiger partial charge is 0.497 e. The van der Waals surface area contributed by atoms with Crippen LogP contribution >= 0.6 is 11.3 Å². The van der Waals surface area contributed by atoms with Crippen molar-refractivity contribution in [2.75, 3.05) is 20.2 Å². The lowest BCUT2D eigenvalue weighted by atomic mass is 10.2. The van der Waals surface area contributed by atoms with Gasteiger partial charge in [0.2, 0.25) is 0 Å². The third-order valence-electron chi connectivity index (χ3n) is 3.37. The third kappa shape index (κ3) is 6.21. The van der Waals surface area contributed by atoms with Crippen molar-refractivity contribution >= 4 is 17.3 Å². The zero-order valence-corrected chi connectivity index (χ0v) is 15.4. The number of hydrogen-bond acceptors (Lipinski definition) is 4. The summed E-state index contributed by atoms with van der Waals surface area (Å²) in [4.78, 5) is 8.09. The summed E-state index contributed by atoms with van der Waals surface area (Å²) in [5.74, 6) is 1.36. The van der Waals surface area contributed by atoms with Crippen LogP contribution in [0, 0.1) is 0 Å². The van der Waals surface area contributed by atoms with Gasteiger partial charge in [-0.1, -0.05) is 12.1 Å². The van der Waals surface area contributed by atoms with E-state index in [1.54, 1.807) is 7.11 Å². The summed E-state index contributed by atoms with van der Waals surface area (Å²) in [7, 11) is 1.61. The highest BCUT2D eigenvalue weighted by molar-refractivity contribution is 7.09. The Labute approximate surface area is 154 Å². The van der Waals surface area contributed by atoms with E-state index < -0.39 is 11.9 Å². The maximum Gasteiger partial charge on any atom is 0.434 e. The Hall–Kier alpha value is -2.29. The van der Waals surface area contributed by atoms with Crippen molar-refractivity contribution in [2.24, 2.45) is 4.99 Å². The number of benzene rings is 1. The van der Waals surface area contributed by atoms with Crippen LogP contribution in [0.15, 0.2) is 34.6 Å². The molecule has 1 aromatic heterocycles. The van der Waals surface area contributed by atoms with Gasteiger partial charge in [0.05, 0.1) is 18.7 Å². The van der Waals surface area contributed by atoms with Gasteiger partial charge in [0, 0.05) is 24.9 Å². The standard InChI is InChI=1S/C17H21F3N4OS/c1-3-21-16(23-10-12-5-4-6-13(9-12)25-2)22-8-7-15-24-14(11-26-15)17(18,19)20/h4-6,9,11H,3,7-8,10H2,1-2H3,(H2,21,22,23). The van der Waals surface area contributed by atoms with Crippen molar-refractivity contribution in [2.45, 2.75) is 26.1 Å². The molecule has 0 unspecified atom stereocenters. The monoisotopic (exact) mass is 386 g/mol. The first-order valence-corrected chi connectivity index (χ1v) is 8.97. The highest BCUT2D eigenvalue weighted by Gasteiger charge is 2.33. The molecule has 2 aromatic rings. The van der Waals surface area contributed by atoms with E-state index in [0.29, 0.717) is 37.0 Å². The van der Waals surface area contributed by atoms with Crippen LogP contribution in [0.5, 0.6) is 5.75 Å². The Morgan fingerprint density at radius 1 is 1.31 bits per heavy atom. The van der Waals surface area contributed by atoms with E-state index in [-0.39, 0.29) is 0 Å². The summed E-state index contributed by atoms with van der Waals surface area (Å²) in [5.41, 5.74) is 0.160. The predicted octanol–water partition coefficient (Wildman–Crippen LogP) is 3.47. The van der Waals surface area contributed by atoms with E-state index in [9.17, 15) is 13.2 Å². The Balaban J connectivity index is 1.90. The molecular weight excluding hydrogens is 365 g/mol. The fourth-order valence-corrected chi connectivity index (χ4v) is 2.93. The molecule has 2 rings (SSSR count). The molecule has 0 aliphatic carbocycles. The van der Waals surface area contributed by atoms with Crippen LogP contribution in [-0.4, -0.2) is 31.1 Å². The SMILES string of the molecule is CCNC(=NCc1cccc(OC)c1)NCCc1nc(C(F)(F)F)cs1. The van der Waals surface area contributed by atoms with Crippen molar-refractivity contribution in [3.8, 4) is 5.75 Å². The second-order valence-electron chi connectivity index (χ2n) is 5.35. The zero-order chi connectivity index (χ0) is 19.0. The average Bonchev–Trinajstić information content (AvgIpc) is 3.09. The second-order valence-corrected chi connectivity index (χ2v) is 6.29. The molecule has 0 aliphatic heterocycles. The Kier molecular flexibility index (Phi) is 7.26. The number of alkyl halides is 3. The maximum atomic E-state index is 12.6. The van der Waals surface area contributed by atoms with Crippen molar-refractivity contribution < 1.29 is 17.9 Å². The molecule has 0 amide bonds. The van der Waals surface area contributed by atoms with Gasteiger partial charge < -0.3 is 15.4 Å². The van der Waals surface area contributed by atoms with Gasteiger partial charge >= 0.3 is 6.18 Å². The Morgan fingerprint density at radius 3 is 2.77 bits per heavy atom. The van der Waals surface area contributed by atoms with Gasteiger partial charge in [-0.15, -0.1) is 11.3 Å². The van der Waals surface area contributed by atoms with Crippen molar-refractivity contribution in [3.05, 3.63) is 45.9 Å². The van der Waals surface area contributed by atoms with Gasteiger partial charge in [-0.05, 0) is 24.6 Å². The maximum absolute atomic E-state index is 12.6. The number of nitrogens with zero attached hydrogens (tertiary/aromatic N) is 2. The van der Waals surface area contributed by atoms with Gasteiger partial charge in [-0.2, -0.15) is 13.2 Å². The quantitative estimate of drug-likeness (QED) is 0.565. The highest BCUT2D eigenvalue weighted by Crippen LogP contribution is 2.29. The molecule has 0 radical (unpaired) electrons. The molecule has 0 aliphatic rings. The number of aromatic nitrogens is 1. The summed E-state index contributed by atoms with van der Waals surface area (Å²) in [5, 5.41) is 7.69. The molecule has 0 saturated heterocycles. The number of aliphatic imine (C=N–C) groups is 1. The Morgan fingerprint density at radius 2 is 2.12 bits per heavy atom. The first-order valence-electron chi connectivity index (χ1n) is 8.09. The highest BCUT2D eigenvalue weighted by atomic mass is 32.1. The van der Waals surface area contributed by atoms with Crippen LogP contribution in [0.2, 0.25) is 0 Å². The van der Waals surface area contributed by atoms with Gasteiger partial charge in [0.25, 0.3) is 0 Å². The number of hydrogen-bond donors (Lipinski definition) is 2. The summed E-state index contributed by atoms with van der Waals surface area (Å²) in [6.45, 7) is 3.52. The molecule has 1 aromatic carbocycles. The minimum absolute atomic E-state index is 0.393. The van der Waals surface area contributed by atoms with E-state index in [4.69, 9.17) is 4.74 Å². The summed E-state index contributed by atoms with van der Waals surface area (Å²) in [6, 6.07) is 7.61. The van der Waals surface area contributed by atoms with E-state index in [0.717, 1.165) is 28.0 Å². The molecule has 0 spiro atoms. The molecule has 142 valence electrons. The lowest BCUT2D eigenvalue weighted by Gasteiger charge is -2.11. The number of methoxy groups -OCH3 is 1. The normalized spacial score (nSPS) is 12.1. The predicted molar refractivity (Wildman–Crippen MR) is 96.6 cm³/mol. The smallest absolute Gasteiger partial charge is 0.434 e. The van der Waals surface area contributed by atoms with Crippen LogP contribution in [0.4, 0.5) is 13.2 Å². The summed E-state index contributed by atoms with van der Waals surface area (Å²) >= 11 is 1.01. The van der Waals surface area contributed by atoms with Gasteiger partial charge in [-0.3, -0.25) is 0 Å². The van der Waals surface area contributed by atoms with Crippen LogP contribution in [0.3, 0.4) is 0 Å². The second kappa shape index (κ2) is 9.42. The van der Waals surface area contributed by atoms with Crippen LogP contribution in [0.25, 0.3) is 0 Å². The number of ether oxygens (including phenoxy) is 1. The number of halogens is 3. The topological polar surface area (TPSA) is 58.5 Å². The Bertz CT molecular complexity index is 731. The van der Waals surface area contributed by atoms with Crippen LogP contribution < -0.4 is 15.4 Å². The van der Waals surface area contributed by atoms with Crippen molar-refractivity contribution in [1.82, 2.24) is 15.6 Å². The molecule has 0 bridgehead atoms. The van der Waals surface area contributed by atoms with Gasteiger partial charge in [-0.25, -0.2) is 9.98 Å². The molecule has 9 heteroatoms. The number of rotatable bonds is 7. The van der Waals surface area contributed by atoms with Crippen molar-refractivity contribution in [1.29, 1.82) is 0 Å². The zero-order valence-electron chi connectivity index (χ0n) is 14.6. The van der Waals surface area contributed by atoms with E-state index in [2.05, 4.69) is 20.6 Å². The minimum atomic E-state index is -4.39. The lowest BCUT2D eigenvalue weighted by molar-refractivity contribution is -0.140. The first kappa shape index (κ1) is 20.0. The number of nitrogens with one attached hydrogen (secondary N) is 2. The molecule has 0 atom stereocenters. The molecule has 0 fully saturated rings. The van der Waals surface area contributed by atoms with Gasteiger partial charge in [0.1, 0.15) is 5.75 Å². The van der Waals surface area contributed by atoms with E-state index in [1.807, 2.05) is 31.2 Å². The molecule has 1 heterocycles. The number of thiazole rings is 1. The molecule has 26 heavy (non-hydrogen) atoms. The fourth-order valence-electron chi connectivity index (χ4n) is 2.13. The van der Waals surface area contributed by atoms with Crippen LogP contribution in [0.1, 0.15) is 23.2 Å². The van der Waals surface area contributed by atoms with E-state index in [1.165, 1.54) is 0 Å². The lowest BCUT2D eigenvalue weighted by Crippen LogP contribution is -2.38. The minimum Gasteiger partial charge on any atom is -0.497 e. The molecular formula is C17H21F3N4OS. The molecule has 0 saturated carbocycles. The summed E-state index contributed by atoms with van der Waals surface area (Å²) < 4.78 is 42.9. The average molecular weight is 386 g/mol. The summed E-state index contributed by atoms with van der Waals surface area (Å²) in [6.07, 6.45) is -4.00. The van der Waals surface area contributed by atoms with Crippen molar-refractivity contribution in [3.63, 3.8) is 0 Å². The number of guanidine groups is 1.